The van der Waals surface area contributed by atoms with Crippen molar-refractivity contribution >= 4 is 27.0 Å². The standard InChI is InChI=1S/C6H10O4S2.H3N/c1-5(2)6(7)11-3-4-12(8,9)10;/h1,3-4H2,2H3,(H,8,9,10);1H3. The molecular formula is C6H13NO4S2. The summed E-state index contributed by atoms with van der Waals surface area (Å²) in [4.78, 5) is 10.8. The molecule has 0 aliphatic heterocycles. The summed E-state index contributed by atoms with van der Waals surface area (Å²) in [7, 11) is -4.20. The summed E-state index contributed by atoms with van der Waals surface area (Å²) >= 11 is 0.794. The van der Waals surface area contributed by atoms with E-state index in [2.05, 4.69) is 6.58 Å². The molecule has 13 heavy (non-hydrogen) atoms. The minimum atomic E-state index is -4.20. The summed E-state index contributed by atoms with van der Waals surface area (Å²) in [6, 6.07) is 0. The Bertz CT molecular complexity index is 283. The molecule has 0 bridgehead atoms. The molecule has 5 nitrogen and oxygen atoms in total. The van der Waals surface area contributed by atoms with Crippen molar-refractivity contribution in [1.82, 2.24) is 6.15 Å². The second-order valence-corrected chi connectivity index (χ2v) is 4.77. The summed E-state index contributed by atoms with van der Waals surface area (Å²) in [6.07, 6.45) is 0. The third-order valence-corrected chi connectivity index (χ3v) is 2.90. The Balaban J connectivity index is 0. The van der Waals surface area contributed by atoms with Gasteiger partial charge in [-0.25, -0.2) is 8.42 Å². The molecule has 0 heterocycles. The molecule has 0 amide bonds. The van der Waals surface area contributed by atoms with Crippen LogP contribution in [0.1, 0.15) is 6.92 Å². The van der Waals surface area contributed by atoms with Gasteiger partial charge >= 0.3 is 0 Å². The van der Waals surface area contributed by atoms with E-state index in [4.69, 9.17) is 0 Å². The zero-order valence-corrected chi connectivity index (χ0v) is 9.20. The molecule has 0 spiro atoms. The summed E-state index contributed by atoms with van der Waals surface area (Å²) in [6.45, 7) is 4.90. The zero-order chi connectivity index (χ0) is 9.78. The minimum Gasteiger partial charge on any atom is -0.748 e. The largest absolute Gasteiger partial charge is 0.748 e. The first-order valence-corrected chi connectivity index (χ1v) is 5.65. The van der Waals surface area contributed by atoms with E-state index in [9.17, 15) is 17.8 Å². The molecule has 0 aromatic carbocycles. The molecule has 0 atom stereocenters. The first kappa shape index (κ1) is 15.1. The topological polar surface area (TPSA) is 111 Å². The van der Waals surface area contributed by atoms with E-state index < -0.39 is 15.9 Å². The van der Waals surface area contributed by atoms with E-state index in [1.54, 1.807) is 0 Å². The molecule has 0 aliphatic rings. The Kier molecular flexibility index (Phi) is 7.14. The highest BCUT2D eigenvalue weighted by atomic mass is 32.2. The summed E-state index contributed by atoms with van der Waals surface area (Å²) in [5.41, 5.74) is 0.350. The highest BCUT2D eigenvalue weighted by molar-refractivity contribution is 8.14. The van der Waals surface area contributed by atoms with E-state index >= 15 is 0 Å². The number of hydrogen-bond donors (Lipinski definition) is 1. The number of thioether (sulfide) groups is 1. The molecule has 0 unspecified atom stereocenters. The van der Waals surface area contributed by atoms with E-state index in [1.807, 2.05) is 0 Å². The Morgan fingerprint density at radius 1 is 1.54 bits per heavy atom. The van der Waals surface area contributed by atoms with Crippen LogP contribution in [0, 0.1) is 0 Å². The van der Waals surface area contributed by atoms with Gasteiger partial charge in [-0.3, -0.25) is 4.79 Å². The summed E-state index contributed by atoms with van der Waals surface area (Å²) in [5, 5.41) is -0.279. The van der Waals surface area contributed by atoms with Gasteiger partial charge in [0, 0.05) is 11.5 Å². The summed E-state index contributed by atoms with van der Waals surface area (Å²) in [5.74, 6) is -0.520. The number of rotatable bonds is 4. The van der Waals surface area contributed by atoms with Crippen LogP contribution in [-0.4, -0.2) is 29.6 Å². The van der Waals surface area contributed by atoms with Gasteiger partial charge in [0.05, 0.1) is 10.1 Å². The van der Waals surface area contributed by atoms with Crippen LogP contribution in [0.15, 0.2) is 12.2 Å². The SMILES string of the molecule is C=C(C)C(=O)SCCS(=O)(=O)[O-].[NH4+]. The monoisotopic (exact) mass is 227 g/mol. The lowest BCUT2D eigenvalue weighted by molar-refractivity contribution is -0.107. The molecule has 7 heteroatoms. The average molecular weight is 227 g/mol. The van der Waals surface area contributed by atoms with Crippen molar-refractivity contribution in [2.24, 2.45) is 0 Å². The molecule has 0 rings (SSSR count). The van der Waals surface area contributed by atoms with Gasteiger partial charge in [0.15, 0.2) is 0 Å². The first-order chi connectivity index (χ1) is 5.33. The Hall–Kier alpha value is -0.370. The maximum absolute atomic E-state index is 10.8. The lowest BCUT2D eigenvalue weighted by atomic mass is 10.4. The third-order valence-electron chi connectivity index (χ3n) is 0.915. The van der Waals surface area contributed by atoms with Gasteiger partial charge < -0.3 is 10.7 Å². The van der Waals surface area contributed by atoms with Crippen molar-refractivity contribution in [1.29, 1.82) is 0 Å². The number of carbonyl (C=O) groups is 1. The maximum Gasteiger partial charge on any atom is 0.214 e. The number of quaternary nitrogens is 1. The molecule has 0 aromatic heterocycles. The fraction of sp³-hybridized carbons (Fsp3) is 0.500. The van der Waals surface area contributed by atoms with Crippen LogP contribution in [-0.2, 0) is 14.9 Å². The molecule has 0 saturated heterocycles. The molecule has 0 fully saturated rings. The van der Waals surface area contributed by atoms with Crippen LogP contribution in [0.5, 0.6) is 0 Å². The zero-order valence-electron chi connectivity index (χ0n) is 7.57. The third kappa shape index (κ3) is 9.54. The second-order valence-electron chi connectivity index (χ2n) is 2.18. The first-order valence-electron chi connectivity index (χ1n) is 3.09. The Labute approximate surface area is 81.9 Å². The molecule has 0 aliphatic carbocycles. The number of hydrogen-bond acceptors (Lipinski definition) is 5. The fourth-order valence-electron chi connectivity index (χ4n) is 0.360. The smallest absolute Gasteiger partial charge is 0.214 e. The maximum atomic E-state index is 10.8. The van der Waals surface area contributed by atoms with Gasteiger partial charge in [-0.05, 0) is 12.5 Å². The normalized spacial score (nSPS) is 10.3. The highest BCUT2D eigenvalue weighted by Gasteiger charge is 2.03. The van der Waals surface area contributed by atoms with E-state index in [-0.39, 0.29) is 17.0 Å². The van der Waals surface area contributed by atoms with Crippen LogP contribution in [0.4, 0.5) is 0 Å². The van der Waals surface area contributed by atoms with Gasteiger partial charge in [0.2, 0.25) is 5.12 Å². The van der Waals surface area contributed by atoms with Crippen molar-refractivity contribution in [3.8, 4) is 0 Å². The van der Waals surface area contributed by atoms with Crippen molar-refractivity contribution < 1.29 is 17.8 Å². The molecule has 0 aromatic rings. The van der Waals surface area contributed by atoms with Crippen LogP contribution >= 0.6 is 11.8 Å². The van der Waals surface area contributed by atoms with Crippen LogP contribution < -0.4 is 6.15 Å². The molecule has 0 saturated carbocycles. The van der Waals surface area contributed by atoms with Crippen molar-refractivity contribution in [2.45, 2.75) is 6.92 Å². The van der Waals surface area contributed by atoms with Gasteiger partial charge in [-0.1, -0.05) is 18.3 Å². The van der Waals surface area contributed by atoms with Gasteiger partial charge in [-0.2, -0.15) is 0 Å². The summed E-state index contributed by atoms with van der Waals surface area (Å²) < 4.78 is 30.2. The van der Waals surface area contributed by atoms with Crippen molar-refractivity contribution in [3.05, 3.63) is 12.2 Å². The molecule has 0 radical (unpaired) electrons. The Morgan fingerprint density at radius 3 is 2.31 bits per heavy atom. The van der Waals surface area contributed by atoms with E-state index in [1.165, 1.54) is 6.92 Å². The van der Waals surface area contributed by atoms with Crippen LogP contribution in [0.3, 0.4) is 0 Å². The van der Waals surface area contributed by atoms with Crippen LogP contribution in [0.2, 0.25) is 0 Å². The van der Waals surface area contributed by atoms with E-state index in [0.717, 1.165) is 11.8 Å². The molecular weight excluding hydrogens is 214 g/mol. The van der Waals surface area contributed by atoms with Gasteiger partial charge in [0.1, 0.15) is 0 Å². The quantitative estimate of drug-likeness (QED) is 0.562. The fourth-order valence-corrected chi connectivity index (χ4v) is 1.94. The predicted octanol–water partition coefficient (Wildman–Crippen LogP) is 0.744. The lowest BCUT2D eigenvalue weighted by Crippen LogP contribution is -2.08. The van der Waals surface area contributed by atoms with Crippen LogP contribution in [0.25, 0.3) is 0 Å². The van der Waals surface area contributed by atoms with Gasteiger partial charge in [0.25, 0.3) is 0 Å². The number of carbonyl (C=O) groups excluding carboxylic acids is 1. The molecule has 4 N–H and O–H groups in total. The Morgan fingerprint density at radius 2 is 2.00 bits per heavy atom. The minimum absolute atomic E-state index is 0. The predicted molar refractivity (Wildman–Crippen MR) is 52.8 cm³/mol. The molecule has 78 valence electrons. The average Bonchev–Trinajstić information content (AvgIpc) is 1.84. The highest BCUT2D eigenvalue weighted by Crippen LogP contribution is 2.08. The van der Waals surface area contributed by atoms with Crippen molar-refractivity contribution in [3.63, 3.8) is 0 Å². The van der Waals surface area contributed by atoms with Crippen molar-refractivity contribution in [2.75, 3.05) is 11.5 Å². The van der Waals surface area contributed by atoms with E-state index in [0.29, 0.717) is 5.57 Å². The van der Waals surface area contributed by atoms with Gasteiger partial charge in [-0.15, -0.1) is 0 Å². The lowest BCUT2D eigenvalue weighted by Gasteiger charge is -2.04. The second kappa shape index (κ2) is 6.14.